The molecule has 2 atom stereocenters. The lowest BCUT2D eigenvalue weighted by Crippen LogP contribution is -2.37. The molecule has 0 aliphatic carbocycles. The van der Waals surface area contributed by atoms with E-state index in [1.165, 1.54) is 0 Å². The van der Waals surface area contributed by atoms with Gasteiger partial charge in [0, 0.05) is 12.6 Å². The molecule has 2 N–H and O–H groups in total. The van der Waals surface area contributed by atoms with Crippen molar-refractivity contribution in [3.05, 3.63) is 0 Å². The number of nitrogens with zero attached hydrogens (tertiary/aromatic N) is 1. The molecule has 1 amide bonds. The van der Waals surface area contributed by atoms with Gasteiger partial charge in [-0.05, 0) is 6.42 Å². The minimum Gasteiger partial charge on any atom is -0.447 e. The maximum atomic E-state index is 10.8. The molecule has 56 valence electrons. The summed E-state index contributed by atoms with van der Waals surface area (Å²) in [6, 6.07) is 0.291. The van der Waals surface area contributed by atoms with Crippen molar-refractivity contribution in [3.8, 4) is 0 Å². The second-order valence-corrected chi connectivity index (χ2v) is 2.79. The Morgan fingerprint density at radius 3 is 3.20 bits per heavy atom. The summed E-state index contributed by atoms with van der Waals surface area (Å²) in [6.45, 7) is 1.25. The van der Waals surface area contributed by atoms with Crippen molar-refractivity contribution in [1.29, 1.82) is 0 Å². The van der Waals surface area contributed by atoms with Gasteiger partial charge in [0.25, 0.3) is 0 Å². The van der Waals surface area contributed by atoms with Crippen LogP contribution in [0.5, 0.6) is 0 Å². The molecule has 0 aromatic rings. The zero-order chi connectivity index (χ0) is 7.14. The monoisotopic (exact) mass is 142 g/mol. The highest BCUT2D eigenvalue weighted by Gasteiger charge is 2.41. The molecule has 10 heavy (non-hydrogen) atoms. The number of carbonyl (C=O) groups excluding carboxylic acids is 1. The van der Waals surface area contributed by atoms with Crippen LogP contribution in [0.2, 0.25) is 0 Å². The van der Waals surface area contributed by atoms with Crippen LogP contribution in [0.25, 0.3) is 0 Å². The Balaban J connectivity index is 2.16. The third kappa shape index (κ3) is 0.623. The number of rotatable bonds is 0. The lowest BCUT2D eigenvalue weighted by atomic mass is 10.1. The number of nitrogens with two attached hydrogens (primary N) is 1. The highest BCUT2D eigenvalue weighted by Crippen LogP contribution is 2.22. The van der Waals surface area contributed by atoms with E-state index in [1.54, 1.807) is 4.90 Å². The minimum absolute atomic E-state index is 0.131. The first-order valence-corrected chi connectivity index (χ1v) is 3.48. The van der Waals surface area contributed by atoms with Crippen molar-refractivity contribution < 1.29 is 9.53 Å². The molecule has 4 nitrogen and oxygen atoms in total. The number of fused-ring (bicyclic) bond motifs is 1. The van der Waals surface area contributed by atoms with Crippen molar-refractivity contribution in [1.82, 2.24) is 4.90 Å². The van der Waals surface area contributed by atoms with Gasteiger partial charge in [-0.3, -0.25) is 0 Å². The van der Waals surface area contributed by atoms with E-state index in [-0.39, 0.29) is 18.2 Å². The van der Waals surface area contributed by atoms with E-state index in [0.717, 1.165) is 13.0 Å². The fourth-order valence-electron chi connectivity index (χ4n) is 1.56. The predicted molar refractivity (Wildman–Crippen MR) is 34.4 cm³/mol. The first kappa shape index (κ1) is 5.97. The standard InChI is InChI=1S/C6H10N2O2/c7-4-1-2-8-5(4)3-10-6(8)9/h4-5H,1-3,7H2. The van der Waals surface area contributed by atoms with Crippen LogP contribution in [0.15, 0.2) is 0 Å². The number of ether oxygens (including phenoxy) is 1. The Morgan fingerprint density at radius 1 is 1.70 bits per heavy atom. The van der Waals surface area contributed by atoms with Gasteiger partial charge in [0.15, 0.2) is 0 Å². The van der Waals surface area contributed by atoms with Gasteiger partial charge in [-0.15, -0.1) is 0 Å². The summed E-state index contributed by atoms with van der Waals surface area (Å²) in [7, 11) is 0. The van der Waals surface area contributed by atoms with E-state index in [4.69, 9.17) is 10.5 Å². The molecule has 2 saturated heterocycles. The van der Waals surface area contributed by atoms with Crippen molar-refractivity contribution in [2.75, 3.05) is 13.2 Å². The number of carbonyl (C=O) groups is 1. The molecular formula is C6H10N2O2. The van der Waals surface area contributed by atoms with E-state index in [1.807, 2.05) is 0 Å². The molecule has 2 unspecified atom stereocenters. The van der Waals surface area contributed by atoms with E-state index < -0.39 is 0 Å². The molecule has 2 fully saturated rings. The molecule has 2 aliphatic heterocycles. The van der Waals surface area contributed by atoms with E-state index in [9.17, 15) is 4.79 Å². The molecule has 4 heteroatoms. The summed E-state index contributed by atoms with van der Waals surface area (Å²) in [5.74, 6) is 0. The lowest BCUT2D eigenvalue weighted by molar-refractivity contribution is 0.159. The fraction of sp³-hybridized carbons (Fsp3) is 0.833. The average molecular weight is 142 g/mol. The number of cyclic esters (lactones) is 1. The van der Waals surface area contributed by atoms with Gasteiger partial charge in [0.2, 0.25) is 0 Å². The average Bonchev–Trinajstić information content (AvgIpc) is 2.41. The SMILES string of the molecule is NC1CCN2C(=O)OCC12. The van der Waals surface area contributed by atoms with E-state index in [2.05, 4.69) is 0 Å². The van der Waals surface area contributed by atoms with Crippen LogP contribution in [0.3, 0.4) is 0 Å². The minimum atomic E-state index is -0.196. The van der Waals surface area contributed by atoms with Crippen LogP contribution in [0.1, 0.15) is 6.42 Å². The Hall–Kier alpha value is -0.770. The van der Waals surface area contributed by atoms with Gasteiger partial charge in [0.05, 0.1) is 6.04 Å². The Kier molecular flexibility index (Phi) is 1.11. The lowest BCUT2D eigenvalue weighted by Gasteiger charge is -2.11. The molecule has 0 aromatic carbocycles. The normalized spacial score (nSPS) is 38.1. The van der Waals surface area contributed by atoms with Gasteiger partial charge in [0.1, 0.15) is 6.61 Å². The fourth-order valence-corrected chi connectivity index (χ4v) is 1.56. The van der Waals surface area contributed by atoms with Crippen molar-refractivity contribution in [2.45, 2.75) is 18.5 Å². The molecule has 0 aromatic heterocycles. The largest absolute Gasteiger partial charge is 0.447 e. The second-order valence-electron chi connectivity index (χ2n) is 2.79. The maximum Gasteiger partial charge on any atom is 0.410 e. The quantitative estimate of drug-likeness (QED) is 0.498. The highest BCUT2D eigenvalue weighted by molar-refractivity contribution is 5.70. The first-order chi connectivity index (χ1) is 4.79. The Morgan fingerprint density at radius 2 is 2.50 bits per heavy atom. The third-order valence-electron chi connectivity index (χ3n) is 2.21. The topological polar surface area (TPSA) is 55.6 Å². The molecule has 0 radical (unpaired) electrons. The highest BCUT2D eigenvalue weighted by atomic mass is 16.6. The van der Waals surface area contributed by atoms with Crippen molar-refractivity contribution in [2.24, 2.45) is 5.73 Å². The molecular weight excluding hydrogens is 132 g/mol. The second kappa shape index (κ2) is 1.85. The molecule has 2 heterocycles. The summed E-state index contributed by atoms with van der Waals surface area (Å²) in [5, 5.41) is 0. The summed E-state index contributed by atoms with van der Waals surface area (Å²) in [5.41, 5.74) is 5.71. The third-order valence-corrected chi connectivity index (χ3v) is 2.21. The smallest absolute Gasteiger partial charge is 0.410 e. The maximum absolute atomic E-state index is 10.8. The first-order valence-electron chi connectivity index (χ1n) is 3.48. The van der Waals surface area contributed by atoms with E-state index >= 15 is 0 Å². The predicted octanol–water partition coefficient (Wildman–Crippen LogP) is -0.462. The van der Waals surface area contributed by atoms with Crippen LogP contribution in [-0.4, -0.2) is 36.2 Å². The molecule has 2 rings (SSSR count). The van der Waals surface area contributed by atoms with Crippen LogP contribution >= 0.6 is 0 Å². The summed E-state index contributed by atoms with van der Waals surface area (Å²) >= 11 is 0. The molecule has 0 bridgehead atoms. The Labute approximate surface area is 58.9 Å². The number of amides is 1. The van der Waals surface area contributed by atoms with Crippen LogP contribution in [0.4, 0.5) is 4.79 Å². The molecule has 2 aliphatic rings. The zero-order valence-corrected chi connectivity index (χ0v) is 5.62. The van der Waals surface area contributed by atoms with Crippen LogP contribution in [-0.2, 0) is 4.74 Å². The Bertz CT molecular complexity index is 171. The van der Waals surface area contributed by atoms with Gasteiger partial charge in [-0.2, -0.15) is 0 Å². The molecule has 0 saturated carbocycles. The van der Waals surface area contributed by atoms with Crippen LogP contribution < -0.4 is 5.73 Å². The van der Waals surface area contributed by atoms with Crippen LogP contribution in [0, 0.1) is 0 Å². The van der Waals surface area contributed by atoms with Gasteiger partial charge in [-0.1, -0.05) is 0 Å². The van der Waals surface area contributed by atoms with Crippen molar-refractivity contribution >= 4 is 6.09 Å². The van der Waals surface area contributed by atoms with Crippen molar-refractivity contribution in [3.63, 3.8) is 0 Å². The number of hydrogen-bond acceptors (Lipinski definition) is 3. The van der Waals surface area contributed by atoms with Gasteiger partial charge >= 0.3 is 6.09 Å². The van der Waals surface area contributed by atoms with Gasteiger partial charge in [-0.25, -0.2) is 4.79 Å². The van der Waals surface area contributed by atoms with E-state index in [0.29, 0.717) is 6.61 Å². The molecule has 0 spiro atoms. The van der Waals surface area contributed by atoms with Gasteiger partial charge < -0.3 is 15.4 Å². The summed E-state index contributed by atoms with van der Waals surface area (Å²) in [4.78, 5) is 12.6. The zero-order valence-electron chi connectivity index (χ0n) is 5.62. The number of hydrogen-bond donors (Lipinski definition) is 1. The summed E-state index contributed by atoms with van der Waals surface area (Å²) in [6.07, 6.45) is 0.720. The summed E-state index contributed by atoms with van der Waals surface area (Å²) < 4.78 is 4.80.